The number of amides is 1. The van der Waals surface area contributed by atoms with Crippen molar-refractivity contribution in [2.24, 2.45) is 11.5 Å². The zero-order chi connectivity index (χ0) is 22.2. The summed E-state index contributed by atoms with van der Waals surface area (Å²) in [5.74, 6) is 1.02. The molecule has 0 spiro atoms. The van der Waals surface area contributed by atoms with Crippen LogP contribution in [0.4, 0.5) is 5.82 Å². The molecule has 0 aromatic carbocycles. The molecular weight excluding hydrogens is 402 g/mol. The molecule has 4 N–H and O–H groups in total. The Hall–Kier alpha value is -3.13. The fourth-order valence-corrected chi connectivity index (χ4v) is 4.93. The fourth-order valence-electron chi connectivity index (χ4n) is 4.93. The van der Waals surface area contributed by atoms with Gasteiger partial charge in [-0.25, -0.2) is 9.50 Å². The molecular formula is C24H31N7O. The van der Waals surface area contributed by atoms with Gasteiger partial charge in [-0.05, 0) is 44.8 Å². The first-order valence-corrected chi connectivity index (χ1v) is 11.5. The summed E-state index contributed by atoms with van der Waals surface area (Å²) in [5, 5.41) is 4.84. The van der Waals surface area contributed by atoms with Gasteiger partial charge in [0.05, 0.1) is 11.7 Å². The van der Waals surface area contributed by atoms with Crippen LogP contribution in [0.3, 0.4) is 0 Å². The van der Waals surface area contributed by atoms with Crippen LogP contribution in [0, 0.1) is 6.92 Å². The molecule has 8 nitrogen and oxygen atoms in total. The number of carbonyl (C=O) groups is 1. The number of hydrogen-bond donors (Lipinski definition) is 2. The summed E-state index contributed by atoms with van der Waals surface area (Å²) in [6.07, 6.45) is 14.1. The molecule has 2 aliphatic heterocycles. The number of piperidine rings is 1. The van der Waals surface area contributed by atoms with Gasteiger partial charge in [-0.15, -0.1) is 0 Å². The first kappa shape index (κ1) is 20.8. The van der Waals surface area contributed by atoms with Crippen LogP contribution in [0.1, 0.15) is 49.4 Å². The van der Waals surface area contributed by atoms with Crippen LogP contribution >= 0.6 is 0 Å². The number of fused-ring (bicyclic) bond motifs is 1. The second-order valence-electron chi connectivity index (χ2n) is 9.09. The van der Waals surface area contributed by atoms with Gasteiger partial charge in [0.1, 0.15) is 5.82 Å². The molecule has 1 aliphatic carbocycles. The summed E-state index contributed by atoms with van der Waals surface area (Å²) in [5.41, 5.74) is 16.3. The molecule has 1 amide bonds. The Kier molecular flexibility index (Phi) is 5.46. The van der Waals surface area contributed by atoms with Gasteiger partial charge in [0.15, 0.2) is 5.65 Å². The van der Waals surface area contributed by atoms with Crippen molar-refractivity contribution in [3.63, 3.8) is 0 Å². The van der Waals surface area contributed by atoms with E-state index in [4.69, 9.17) is 21.5 Å². The third-order valence-corrected chi connectivity index (χ3v) is 6.64. The summed E-state index contributed by atoms with van der Waals surface area (Å²) < 4.78 is 1.84. The van der Waals surface area contributed by atoms with Crippen molar-refractivity contribution in [1.29, 1.82) is 0 Å². The van der Waals surface area contributed by atoms with E-state index >= 15 is 0 Å². The number of aryl methyl sites for hydroxylation is 1. The first-order valence-electron chi connectivity index (χ1n) is 11.5. The number of rotatable bonds is 3. The zero-order valence-electron chi connectivity index (χ0n) is 18.6. The Bertz CT molecular complexity index is 1130. The van der Waals surface area contributed by atoms with E-state index in [-0.39, 0.29) is 18.0 Å². The van der Waals surface area contributed by atoms with Crippen molar-refractivity contribution < 1.29 is 4.79 Å². The van der Waals surface area contributed by atoms with Crippen LogP contribution in [0.5, 0.6) is 0 Å². The van der Waals surface area contributed by atoms with Crippen molar-refractivity contribution in [3.8, 4) is 0 Å². The molecule has 2 fully saturated rings. The highest BCUT2D eigenvalue weighted by Crippen LogP contribution is 2.33. The Morgan fingerprint density at radius 1 is 1.22 bits per heavy atom. The first-order chi connectivity index (χ1) is 15.5. The maximum atomic E-state index is 13.4. The lowest BCUT2D eigenvalue weighted by Crippen LogP contribution is -2.39. The molecule has 2 atom stereocenters. The van der Waals surface area contributed by atoms with E-state index in [1.54, 1.807) is 0 Å². The zero-order valence-corrected chi connectivity index (χ0v) is 18.6. The number of nitrogens with two attached hydrogens (primary N) is 2. The summed E-state index contributed by atoms with van der Waals surface area (Å²) in [7, 11) is 0. The van der Waals surface area contributed by atoms with Crippen molar-refractivity contribution in [2.75, 3.05) is 24.5 Å². The third kappa shape index (κ3) is 3.90. The van der Waals surface area contributed by atoms with Gasteiger partial charge in [0, 0.05) is 61.2 Å². The van der Waals surface area contributed by atoms with Crippen LogP contribution < -0.4 is 16.4 Å². The van der Waals surface area contributed by atoms with E-state index in [1.807, 2.05) is 46.0 Å². The van der Waals surface area contributed by atoms with Crippen molar-refractivity contribution in [3.05, 3.63) is 59.1 Å². The number of hydrogen-bond acceptors (Lipinski definition) is 6. The van der Waals surface area contributed by atoms with Crippen LogP contribution in [0.15, 0.2) is 47.8 Å². The molecule has 8 heteroatoms. The molecule has 4 heterocycles. The lowest BCUT2D eigenvalue weighted by Gasteiger charge is -2.35. The minimum absolute atomic E-state index is 0.0435. The van der Waals surface area contributed by atoms with E-state index in [1.165, 1.54) is 0 Å². The second kappa shape index (κ2) is 8.43. The van der Waals surface area contributed by atoms with E-state index in [2.05, 4.69) is 11.8 Å². The highest BCUT2D eigenvalue weighted by Gasteiger charge is 2.31. The predicted octanol–water partition coefficient (Wildman–Crippen LogP) is 2.36. The maximum absolute atomic E-state index is 13.4. The van der Waals surface area contributed by atoms with E-state index in [0.29, 0.717) is 12.0 Å². The standard InChI is InChI=1S/C24H31N7O/c1-16-14-31-22(27-23(16)29-12-10-19(26)15-29)13-20(28-31)21-7-2-3-11-30(21)24(32)17-5-4-6-18(25)9-8-17/h4-6,8,13-14,19,21H,2-3,7,9-12,15,25-26H2,1H3/t19-,21-/m0/s1. The summed E-state index contributed by atoms with van der Waals surface area (Å²) in [6, 6.07) is 2.18. The molecule has 0 bridgehead atoms. The normalized spacial score (nSPS) is 23.9. The number of carbonyl (C=O) groups excluding carboxylic acids is 1. The average Bonchev–Trinajstić information content (AvgIpc) is 3.33. The molecule has 0 saturated carbocycles. The number of nitrogens with zero attached hydrogens (tertiary/aromatic N) is 5. The van der Waals surface area contributed by atoms with Gasteiger partial charge in [-0.1, -0.05) is 12.2 Å². The van der Waals surface area contributed by atoms with Crippen molar-refractivity contribution in [2.45, 2.75) is 51.1 Å². The van der Waals surface area contributed by atoms with Gasteiger partial charge in [0.2, 0.25) is 0 Å². The molecule has 168 valence electrons. The Balaban J connectivity index is 1.44. The third-order valence-electron chi connectivity index (χ3n) is 6.64. The highest BCUT2D eigenvalue weighted by atomic mass is 16.2. The van der Waals surface area contributed by atoms with Crippen LogP contribution in [0.2, 0.25) is 0 Å². The van der Waals surface area contributed by atoms with E-state index < -0.39 is 0 Å². The number of aromatic nitrogens is 3. The second-order valence-corrected chi connectivity index (χ2v) is 9.09. The van der Waals surface area contributed by atoms with E-state index in [9.17, 15) is 4.79 Å². The molecule has 32 heavy (non-hydrogen) atoms. The highest BCUT2D eigenvalue weighted by molar-refractivity contribution is 5.96. The minimum Gasteiger partial charge on any atom is -0.402 e. The Labute approximate surface area is 188 Å². The smallest absolute Gasteiger partial charge is 0.254 e. The largest absolute Gasteiger partial charge is 0.402 e. The minimum atomic E-state index is -0.0511. The Morgan fingerprint density at radius 2 is 2.09 bits per heavy atom. The molecule has 3 aliphatic rings. The van der Waals surface area contributed by atoms with Gasteiger partial charge in [-0.3, -0.25) is 4.79 Å². The maximum Gasteiger partial charge on any atom is 0.254 e. The average molecular weight is 434 g/mol. The lowest BCUT2D eigenvalue weighted by atomic mass is 9.98. The molecule has 0 unspecified atom stereocenters. The quantitative estimate of drug-likeness (QED) is 0.770. The summed E-state index contributed by atoms with van der Waals surface area (Å²) >= 11 is 0. The summed E-state index contributed by atoms with van der Waals surface area (Å²) in [6.45, 7) is 4.56. The van der Waals surface area contributed by atoms with Gasteiger partial charge in [-0.2, -0.15) is 5.10 Å². The Morgan fingerprint density at radius 3 is 2.91 bits per heavy atom. The van der Waals surface area contributed by atoms with Crippen molar-refractivity contribution >= 4 is 17.4 Å². The topological polar surface area (TPSA) is 106 Å². The van der Waals surface area contributed by atoms with Gasteiger partial charge < -0.3 is 21.3 Å². The van der Waals surface area contributed by atoms with Crippen LogP contribution in [-0.2, 0) is 4.79 Å². The fraction of sp³-hybridized carbons (Fsp3) is 0.458. The van der Waals surface area contributed by atoms with Crippen LogP contribution in [-0.4, -0.2) is 51.1 Å². The number of anilines is 1. The lowest BCUT2D eigenvalue weighted by molar-refractivity contribution is -0.130. The number of likely N-dealkylation sites (tertiary alicyclic amines) is 1. The molecule has 5 rings (SSSR count). The predicted molar refractivity (Wildman–Crippen MR) is 125 cm³/mol. The van der Waals surface area contributed by atoms with Crippen molar-refractivity contribution in [1.82, 2.24) is 19.5 Å². The molecule has 2 aromatic rings. The number of allylic oxidation sites excluding steroid dienone is 3. The SMILES string of the molecule is Cc1cn2nc([C@@H]3CCCCN3C(=O)C3=CCC(N)=CC=C3)cc2nc1N1CC[C@H](N)C1. The molecule has 2 aromatic heterocycles. The van der Waals surface area contributed by atoms with E-state index in [0.717, 1.165) is 73.7 Å². The summed E-state index contributed by atoms with van der Waals surface area (Å²) in [4.78, 5) is 22.5. The van der Waals surface area contributed by atoms with Gasteiger partial charge in [0.25, 0.3) is 5.91 Å². The molecule has 0 radical (unpaired) electrons. The molecule has 2 saturated heterocycles. The van der Waals surface area contributed by atoms with Gasteiger partial charge >= 0.3 is 0 Å². The van der Waals surface area contributed by atoms with Crippen LogP contribution in [0.25, 0.3) is 5.65 Å². The monoisotopic (exact) mass is 433 g/mol.